The number of aromatic nitrogens is 2. The van der Waals surface area contributed by atoms with Crippen molar-refractivity contribution in [3.05, 3.63) is 28.2 Å². The second kappa shape index (κ2) is 4.59. The molecule has 18 heavy (non-hydrogen) atoms. The van der Waals surface area contributed by atoms with Crippen LogP contribution in [0.5, 0.6) is 0 Å². The Morgan fingerprint density at radius 2 is 2.17 bits per heavy atom. The first-order chi connectivity index (χ1) is 8.51. The summed E-state index contributed by atoms with van der Waals surface area (Å²) >= 11 is 0. The molecule has 0 aromatic carbocycles. The maximum Gasteiger partial charge on any atom is 0.305 e. The quantitative estimate of drug-likeness (QED) is 0.691. The first-order valence-corrected chi connectivity index (χ1v) is 5.61. The second-order valence-electron chi connectivity index (χ2n) is 4.46. The lowest BCUT2D eigenvalue weighted by Gasteiger charge is -2.41. The molecule has 1 heterocycles. The monoisotopic (exact) mass is 251 g/mol. The SMILES string of the molecule is O=C(O)CC1(NC(=O)c2ccc(=O)[nH]n2)CCC1. The van der Waals surface area contributed by atoms with E-state index in [2.05, 4.69) is 15.5 Å². The molecule has 96 valence electrons. The van der Waals surface area contributed by atoms with Crippen LogP contribution in [0.15, 0.2) is 16.9 Å². The number of rotatable bonds is 4. The van der Waals surface area contributed by atoms with E-state index in [1.165, 1.54) is 12.1 Å². The maximum absolute atomic E-state index is 11.9. The number of nitrogens with zero attached hydrogens (tertiary/aromatic N) is 1. The van der Waals surface area contributed by atoms with Crippen LogP contribution in [0, 0.1) is 0 Å². The Balaban J connectivity index is 2.08. The van der Waals surface area contributed by atoms with Gasteiger partial charge in [-0.25, -0.2) is 5.10 Å². The van der Waals surface area contributed by atoms with E-state index in [0.29, 0.717) is 12.8 Å². The van der Waals surface area contributed by atoms with E-state index in [0.717, 1.165) is 6.42 Å². The zero-order valence-electron chi connectivity index (χ0n) is 9.60. The molecule has 0 radical (unpaired) electrons. The molecule has 0 unspecified atom stereocenters. The Morgan fingerprint density at radius 3 is 2.61 bits per heavy atom. The van der Waals surface area contributed by atoms with Gasteiger partial charge in [-0.15, -0.1) is 0 Å². The summed E-state index contributed by atoms with van der Waals surface area (Å²) in [5.41, 5.74) is -0.984. The molecular formula is C11H13N3O4. The minimum absolute atomic E-state index is 0.0752. The molecule has 1 fully saturated rings. The van der Waals surface area contributed by atoms with Gasteiger partial charge in [0.1, 0.15) is 5.69 Å². The van der Waals surface area contributed by atoms with Crippen LogP contribution in [-0.2, 0) is 4.79 Å². The lowest BCUT2D eigenvalue weighted by Crippen LogP contribution is -2.54. The smallest absolute Gasteiger partial charge is 0.305 e. The largest absolute Gasteiger partial charge is 0.481 e. The van der Waals surface area contributed by atoms with E-state index in [4.69, 9.17) is 5.11 Å². The number of nitrogens with one attached hydrogen (secondary N) is 2. The highest BCUT2D eigenvalue weighted by Crippen LogP contribution is 2.35. The number of carboxylic acids is 1. The molecule has 7 nitrogen and oxygen atoms in total. The van der Waals surface area contributed by atoms with Crippen LogP contribution in [0.3, 0.4) is 0 Å². The van der Waals surface area contributed by atoms with Crippen molar-refractivity contribution in [2.75, 3.05) is 0 Å². The van der Waals surface area contributed by atoms with Crippen LogP contribution in [-0.4, -0.2) is 32.7 Å². The van der Waals surface area contributed by atoms with Crippen molar-refractivity contribution in [3.8, 4) is 0 Å². The average molecular weight is 251 g/mol. The number of amides is 1. The Hall–Kier alpha value is -2.18. The molecule has 1 saturated carbocycles. The molecule has 0 atom stereocenters. The van der Waals surface area contributed by atoms with Crippen molar-refractivity contribution in [3.63, 3.8) is 0 Å². The van der Waals surface area contributed by atoms with Gasteiger partial charge in [-0.1, -0.05) is 0 Å². The maximum atomic E-state index is 11.9. The summed E-state index contributed by atoms with van der Waals surface area (Å²) in [5.74, 6) is -1.41. The van der Waals surface area contributed by atoms with Crippen LogP contribution in [0.2, 0.25) is 0 Å². The lowest BCUT2D eigenvalue weighted by molar-refractivity contribution is -0.139. The average Bonchev–Trinajstić information content (AvgIpc) is 2.26. The predicted molar refractivity (Wildman–Crippen MR) is 61.2 cm³/mol. The summed E-state index contributed by atoms with van der Waals surface area (Å²) in [6.07, 6.45) is 2.09. The third-order valence-electron chi connectivity index (χ3n) is 3.09. The fraction of sp³-hybridized carbons (Fsp3) is 0.455. The van der Waals surface area contributed by atoms with Crippen LogP contribution in [0.4, 0.5) is 0 Å². The molecular weight excluding hydrogens is 238 g/mol. The Morgan fingerprint density at radius 1 is 1.44 bits per heavy atom. The van der Waals surface area contributed by atoms with Gasteiger partial charge >= 0.3 is 5.97 Å². The highest BCUT2D eigenvalue weighted by Gasteiger charge is 2.40. The summed E-state index contributed by atoms with van der Waals surface area (Å²) in [6.45, 7) is 0. The molecule has 0 aliphatic heterocycles. The third-order valence-corrected chi connectivity index (χ3v) is 3.09. The molecule has 1 amide bonds. The molecule has 7 heteroatoms. The molecule has 3 N–H and O–H groups in total. The van der Waals surface area contributed by atoms with E-state index >= 15 is 0 Å². The van der Waals surface area contributed by atoms with E-state index in [9.17, 15) is 14.4 Å². The van der Waals surface area contributed by atoms with Crippen molar-refractivity contribution in [1.82, 2.24) is 15.5 Å². The van der Waals surface area contributed by atoms with Gasteiger partial charge in [0.05, 0.1) is 12.0 Å². The van der Waals surface area contributed by atoms with Gasteiger partial charge < -0.3 is 10.4 Å². The standard InChI is InChI=1S/C11H13N3O4/c15-8-3-2-7(13-14-8)10(18)12-11(4-1-5-11)6-9(16)17/h2-3H,1,4-6H2,(H,12,18)(H,14,15)(H,16,17). The number of aliphatic carboxylic acids is 1. The predicted octanol–water partition coefficient (Wildman–Crippen LogP) is -0.103. The number of hydrogen-bond donors (Lipinski definition) is 3. The van der Waals surface area contributed by atoms with Crippen molar-refractivity contribution >= 4 is 11.9 Å². The number of H-pyrrole nitrogens is 1. The molecule has 1 aliphatic rings. The van der Waals surface area contributed by atoms with Gasteiger partial charge in [-0.05, 0) is 25.3 Å². The van der Waals surface area contributed by atoms with Crippen LogP contribution < -0.4 is 10.9 Å². The summed E-state index contributed by atoms with van der Waals surface area (Å²) in [7, 11) is 0. The van der Waals surface area contributed by atoms with Crippen molar-refractivity contribution in [1.29, 1.82) is 0 Å². The molecule has 1 aromatic rings. The van der Waals surface area contributed by atoms with Crippen molar-refractivity contribution in [2.45, 2.75) is 31.2 Å². The summed E-state index contributed by atoms with van der Waals surface area (Å²) in [6, 6.07) is 2.51. The van der Waals surface area contributed by atoms with Crippen LogP contribution in [0.1, 0.15) is 36.2 Å². The van der Waals surface area contributed by atoms with Gasteiger partial charge in [-0.2, -0.15) is 5.10 Å². The lowest BCUT2D eigenvalue weighted by atomic mass is 9.74. The number of carbonyl (C=O) groups is 2. The van der Waals surface area contributed by atoms with E-state index in [1.807, 2.05) is 0 Å². The molecule has 0 saturated heterocycles. The van der Waals surface area contributed by atoms with Crippen LogP contribution >= 0.6 is 0 Å². The zero-order chi connectivity index (χ0) is 13.2. The molecule has 1 aliphatic carbocycles. The first-order valence-electron chi connectivity index (χ1n) is 5.61. The fourth-order valence-corrected chi connectivity index (χ4v) is 2.01. The topological polar surface area (TPSA) is 112 Å². The zero-order valence-corrected chi connectivity index (χ0v) is 9.60. The highest BCUT2D eigenvalue weighted by atomic mass is 16.4. The van der Waals surface area contributed by atoms with Gasteiger partial charge in [0, 0.05) is 6.07 Å². The van der Waals surface area contributed by atoms with E-state index in [1.54, 1.807) is 0 Å². The van der Waals surface area contributed by atoms with E-state index < -0.39 is 23.0 Å². The van der Waals surface area contributed by atoms with Gasteiger partial charge in [-0.3, -0.25) is 14.4 Å². The molecule has 1 aromatic heterocycles. The molecule has 0 spiro atoms. The van der Waals surface area contributed by atoms with Crippen molar-refractivity contribution < 1.29 is 14.7 Å². The highest BCUT2D eigenvalue weighted by molar-refractivity contribution is 5.93. The fourth-order valence-electron chi connectivity index (χ4n) is 2.01. The Kier molecular flexibility index (Phi) is 3.14. The number of hydrogen-bond acceptors (Lipinski definition) is 4. The normalized spacial score (nSPS) is 16.7. The first kappa shape index (κ1) is 12.3. The van der Waals surface area contributed by atoms with Gasteiger partial charge in [0.25, 0.3) is 11.5 Å². The third kappa shape index (κ3) is 2.55. The van der Waals surface area contributed by atoms with Gasteiger partial charge in [0.2, 0.25) is 0 Å². The minimum Gasteiger partial charge on any atom is -0.481 e. The summed E-state index contributed by atoms with van der Waals surface area (Å²) in [4.78, 5) is 33.4. The number of aromatic amines is 1. The summed E-state index contributed by atoms with van der Waals surface area (Å²) in [5, 5.41) is 17.3. The summed E-state index contributed by atoms with van der Waals surface area (Å²) < 4.78 is 0. The van der Waals surface area contributed by atoms with Crippen LogP contribution in [0.25, 0.3) is 0 Å². The number of carboxylic acid groups (broad SMARTS) is 1. The van der Waals surface area contributed by atoms with Crippen molar-refractivity contribution in [2.24, 2.45) is 0 Å². The van der Waals surface area contributed by atoms with E-state index in [-0.39, 0.29) is 12.1 Å². The molecule has 2 rings (SSSR count). The Labute approximate surface area is 102 Å². The molecule has 0 bridgehead atoms. The Bertz CT molecular complexity index is 513. The number of carbonyl (C=O) groups excluding carboxylic acids is 1. The second-order valence-corrected chi connectivity index (χ2v) is 4.46. The minimum atomic E-state index is -0.940. The van der Waals surface area contributed by atoms with Gasteiger partial charge in [0.15, 0.2) is 0 Å².